The SMILES string of the molecule is CC(C)(C)OC(=O)CCN1C(=O)CCc2ccc(F)cc21. The fraction of sp³-hybridized carbons (Fsp3) is 0.500. The standard InChI is InChI=1S/C16H20FNO3/c1-16(2,3)21-15(20)8-9-18-13-10-12(17)6-4-11(13)5-7-14(18)19/h4,6,10H,5,7-9H2,1-3H3. The first-order valence-corrected chi connectivity index (χ1v) is 7.07. The molecule has 0 bridgehead atoms. The Bertz CT molecular complexity index is 563. The van der Waals surface area contributed by atoms with Gasteiger partial charge in [-0.1, -0.05) is 6.07 Å². The molecular weight excluding hydrogens is 273 g/mol. The molecule has 0 saturated carbocycles. The van der Waals surface area contributed by atoms with Crippen LogP contribution in [0, 0.1) is 5.82 Å². The maximum Gasteiger partial charge on any atom is 0.308 e. The van der Waals surface area contributed by atoms with Gasteiger partial charge in [-0.15, -0.1) is 0 Å². The van der Waals surface area contributed by atoms with E-state index in [0.717, 1.165) is 5.56 Å². The van der Waals surface area contributed by atoms with E-state index in [1.807, 2.05) is 0 Å². The van der Waals surface area contributed by atoms with Crippen molar-refractivity contribution in [2.75, 3.05) is 11.4 Å². The first-order chi connectivity index (χ1) is 9.76. The van der Waals surface area contributed by atoms with Gasteiger partial charge in [0.1, 0.15) is 11.4 Å². The van der Waals surface area contributed by atoms with E-state index in [-0.39, 0.29) is 30.7 Å². The molecule has 1 aliphatic rings. The molecule has 114 valence electrons. The van der Waals surface area contributed by atoms with E-state index >= 15 is 0 Å². The van der Waals surface area contributed by atoms with E-state index in [2.05, 4.69) is 0 Å². The first-order valence-electron chi connectivity index (χ1n) is 7.07. The number of nitrogens with zero attached hydrogens (tertiary/aromatic N) is 1. The molecule has 0 radical (unpaired) electrons. The van der Waals surface area contributed by atoms with E-state index in [1.54, 1.807) is 26.8 Å². The van der Waals surface area contributed by atoms with Crippen molar-refractivity contribution in [2.24, 2.45) is 0 Å². The van der Waals surface area contributed by atoms with Gasteiger partial charge in [0.25, 0.3) is 0 Å². The highest BCUT2D eigenvalue weighted by molar-refractivity contribution is 5.96. The Morgan fingerprint density at radius 3 is 2.71 bits per heavy atom. The van der Waals surface area contributed by atoms with Crippen molar-refractivity contribution in [3.05, 3.63) is 29.6 Å². The largest absolute Gasteiger partial charge is 0.460 e. The second-order valence-electron chi connectivity index (χ2n) is 6.15. The summed E-state index contributed by atoms with van der Waals surface area (Å²) < 4.78 is 18.6. The third kappa shape index (κ3) is 4.03. The summed E-state index contributed by atoms with van der Waals surface area (Å²) in [5.74, 6) is -0.832. The normalized spacial score (nSPS) is 14.9. The lowest BCUT2D eigenvalue weighted by Gasteiger charge is -2.29. The Morgan fingerprint density at radius 1 is 1.33 bits per heavy atom. The highest BCUT2D eigenvalue weighted by Crippen LogP contribution is 2.28. The molecule has 0 fully saturated rings. The van der Waals surface area contributed by atoms with Gasteiger partial charge in [-0.3, -0.25) is 9.59 Å². The molecule has 4 nitrogen and oxygen atoms in total. The Hall–Kier alpha value is -1.91. The molecule has 0 aliphatic carbocycles. The van der Waals surface area contributed by atoms with Crippen molar-refractivity contribution in [3.8, 4) is 0 Å². The lowest BCUT2D eigenvalue weighted by atomic mass is 10.0. The molecule has 1 amide bonds. The summed E-state index contributed by atoms with van der Waals surface area (Å²) in [4.78, 5) is 25.2. The number of ether oxygens (including phenoxy) is 1. The number of fused-ring (bicyclic) bond motifs is 1. The zero-order valence-corrected chi connectivity index (χ0v) is 12.6. The number of hydrogen-bond donors (Lipinski definition) is 0. The van der Waals surface area contributed by atoms with Gasteiger partial charge in [-0.25, -0.2) is 4.39 Å². The molecule has 0 saturated heterocycles. The third-order valence-electron chi connectivity index (χ3n) is 3.21. The maximum atomic E-state index is 13.4. The van der Waals surface area contributed by atoms with Gasteiger partial charge >= 0.3 is 5.97 Å². The van der Waals surface area contributed by atoms with E-state index in [9.17, 15) is 14.0 Å². The Kier molecular flexibility index (Phi) is 4.30. The van der Waals surface area contributed by atoms with Crippen molar-refractivity contribution in [1.82, 2.24) is 0 Å². The van der Waals surface area contributed by atoms with Crippen LogP contribution in [-0.2, 0) is 20.7 Å². The second kappa shape index (κ2) is 5.84. The van der Waals surface area contributed by atoms with Gasteiger partial charge in [0.2, 0.25) is 5.91 Å². The Morgan fingerprint density at radius 2 is 2.05 bits per heavy atom. The van der Waals surface area contributed by atoms with Crippen LogP contribution in [0.2, 0.25) is 0 Å². The highest BCUT2D eigenvalue weighted by Gasteiger charge is 2.26. The predicted octanol–water partition coefficient (Wildman–Crippen LogP) is 2.84. The van der Waals surface area contributed by atoms with E-state index in [1.165, 1.54) is 17.0 Å². The third-order valence-corrected chi connectivity index (χ3v) is 3.21. The number of carbonyl (C=O) groups is 2. The van der Waals surface area contributed by atoms with Crippen LogP contribution in [0.1, 0.15) is 39.2 Å². The molecule has 1 heterocycles. The molecule has 21 heavy (non-hydrogen) atoms. The topological polar surface area (TPSA) is 46.6 Å². The summed E-state index contributed by atoms with van der Waals surface area (Å²) in [6.07, 6.45) is 1.09. The minimum absolute atomic E-state index is 0.0864. The molecule has 0 unspecified atom stereocenters. The number of halogens is 1. The van der Waals surface area contributed by atoms with Crippen LogP contribution in [0.4, 0.5) is 10.1 Å². The zero-order chi connectivity index (χ0) is 15.6. The van der Waals surface area contributed by atoms with Crippen LogP contribution in [0.5, 0.6) is 0 Å². The number of hydrogen-bond acceptors (Lipinski definition) is 3. The fourth-order valence-electron chi connectivity index (χ4n) is 2.35. The average molecular weight is 293 g/mol. The van der Waals surface area contributed by atoms with Crippen molar-refractivity contribution >= 4 is 17.6 Å². The monoisotopic (exact) mass is 293 g/mol. The fourth-order valence-corrected chi connectivity index (χ4v) is 2.35. The molecule has 1 aliphatic heterocycles. The van der Waals surface area contributed by atoms with Crippen LogP contribution in [0.3, 0.4) is 0 Å². The summed E-state index contributed by atoms with van der Waals surface area (Å²) in [6, 6.07) is 4.43. The van der Waals surface area contributed by atoms with Crippen molar-refractivity contribution in [2.45, 2.75) is 45.6 Å². The molecule has 1 aromatic rings. The number of anilines is 1. The molecule has 0 spiro atoms. The smallest absolute Gasteiger partial charge is 0.308 e. The average Bonchev–Trinajstić information content (AvgIpc) is 2.35. The Balaban J connectivity index is 2.08. The quantitative estimate of drug-likeness (QED) is 0.805. The van der Waals surface area contributed by atoms with Crippen molar-refractivity contribution in [3.63, 3.8) is 0 Å². The molecule has 2 rings (SSSR count). The first kappa shape index (κ1) is 15.5. The lowest BCUT2D eigenvalue weighted by Crippen LogP contribution is -2.37. The number of amides is 1. The number of rotatable bonds is 3. The lowest BCUT2D eigenvalue weighted by molar-refractivity contribution is -0.154. The zero-order valence-electron chi connectivity index (χ0n) is 12.6. The number of benzene rings is 1. The highest BCUT2D eigenvalue weighted by atomic mass is 19.1. The molecule has 5 heteroatoms. The van der Waals surface area contributed by atoms with Gasteiger partial charge in [-0.2, -0.15) is 0 Å². The van der Waals surface area contributed by atoms with Crippen LogP contribution >= 0.6 is 0 Å². The molecule has 0 aromatic heterocycles. The predicted molar refractivity (Wildman–Crippen MR) is 77.5 cm³/mol. The van der Waals surface area contributed by atoms with Crippen LogP contribution in [0.15, 0.2) is 18.2 Å². The van der Waals surface area contributed by atoms with Crippen molar-refractivity contribution < 1.29 is 18.7 Å². The summed E-state index contributed by atoms with van der Waals surface area (Å²) in [5, 5.41) is 0. The summed E-state index contributed by atoms with van der Waals surface area (Å²) in [7, 11) is 0. The maximum absolute atomic E-state index is 13.4. The Labute approximate surface area is 123 Å². The number of aryl methyl sites for hydroxylation is 1. The van der Waals surface area contributed by atoms with Gasteiger partial charge in [0.05, 0.1) is 6.42 Å². The van der Waals surface area contributed by atoms with Crippen LogP contribution in [0.25, 0.3) is 0 Å². The molecule has 0 atom stereocenters. The minimum atomic E-state index is -0.549. The van der Waals surface area contributed by atoms with Gasteiger partial charge in [-0.05, 0) is 44.9 Å². The van der Waals surface area contributed by atoms with E-state index < -0.39 is 5.60 Å². The summed E-state index contributed by atoms with van der Waals surface area (Å²) >= 11 is 0. The summed E-state index contributed by atoms with van der Waals surface area (Å²) in [6.45, 7) is 5.59. The minimum Gasteiger partial charge on any atom is -0.460 e. The van der Waals surface area contributed by atoms with Crippen molar-refractivity contribution in [1.29, 1.82) is 0 Å². The molecule has 0 N–H and O–H groups in total. The molecular formula is C16H20FNO3. The van der Waals surface area contributed by atoms with Gasteiger partial charge in [0, 0.05) is 18.7 Å². The molecule has 1 aromatic carbocycles. The van der Waals surface area contributed by atoms with E-state index in [0.29, 0.717) is 18.5 Å². The number of esters is 1. The van der Waals surface area contributed by atoms with Gasteiger partial charge in [0.15, 0.2) is 0 Å². The van der Waals surface area contributed by atoms with Gasteiger partial charge < -0.3 is 9.64 Å². The van der Waals surface area contributed by atoms with Crippen LogP contribution < -0.4 is 4.90 Å². The van der Waals surface area contributed by atoms with E-state index in [4.69, 9.17) is 4.74 Å². The van der Waals surface area contributed by atoms with Crippen LogP contribution in [-0.4, -0.2) is 24.0 Å². The summed E-state index contributed by atoms with van der Waals surface area (Å²) in [5.41, 5.74) is 0.947. The number of carbonyl (C=O) groups excluding carboxylic acids is 2. The second-order valence-corrected chi connectivity index (χ2v) is 6.15.